The van der Waals surface area contributed by atoms with E-state index in [1.54, 1.807) is 7.05 Å². The molecule has 68 valence electrons. The molecule has 0 saturated carbocycles. The summed E-state index contributed by atoms with van der Waals surface area (Å²) in [6, 6.07) is 9.99. The third-order valence-electron chi connectivity index (χ3n) is 2.26. The van der Waals surface area contributed by atoms with Crippen LogP contribution in [0.3, 0.4) is 0 Å². The van der Waals surface area contributed by atoms with Gasteiger partial charge in [-0.25, -0.2) is 5.06 Å². The van der Waals surface area contributed by atoms with Gasteiger partial charge in [-0.2, -0.15) is 0 Å². The van der Waals surface area contributed by atoms with E-state index < -0.39 is 0 Å². The Morgan fingerprint density at radius 3 is 2.62 bits per heavy atom. The maximum Gasteiger partial charge on any atom is 0.133 e. The smallest absolute Gasteiger partial charge is 0.133 e. The number of anilines is 1. The molecule has 0 fully saturated rings. The summed E-state index contributed by atoms with van der Waals surface area (Å²) in [5.41, 5.74) is 1.12. The largest absolute Gasteiger partial charge is 0.329 e. The number of hydrogen-bond acceptors (Lipinski definition) is 2. The lowest BCUT2D eigenvalue weighted by Gasteiger charge is -2.10. The zero-order chi connectivity index (χ0) is 9.42. The molecule has 0 spiro atoms. The van der Waals surface area contributed by atoms with Crippen LogP contribution in [0.15, 0.2) is 30.3 Å². The summed E-state index contributed by atoms with van der Waals surface area (Å²) in [6.07, 6.45) is 0. The van der Waals surface area contributed by atoms with Crippen molar-refractivity contribution in [3.8, 4) is 0 Å². The Labute approximate surface area is 76.8 Å². The van der Waals surface area contributed by atoms with Gasteiger partial charge in [-0.05, 0) is 12.1 Å². The molecule has 3 nitrogen and oxygen atoms in total. The first-order chi connectivity index (χ1) is 6.20. The number of benzene rings is 1. The van der Waals surface area contributed by atoms with Crippen LogP contribution in [-0.4, -0.2) is 16.8 Å². The number of nitrogens with zero attached hydrogens (tertiary/aromatic N) is 2. The zero-order valence-corrected chi connectivity index (χ0v) is 7.73. The standard InChI is InChI=1S/C10H12N2O/c1-11-9-6-4-3-5-8(9)7-10(11)12(2)13/h3-7,13H,1-2H3. The molecular formula is C10H12N2O. The lowest BCUT2D eigenvalue weighted by atomic mass is 10.2. The molecule has 13 heavy (non-hydrogen) atoms. The predicted octanol–water partition coefficient (Wildman–Crippen LogP) is 2.00. The third kappa shape index (κ3) is 1.17. The molecule has 0 aliphatic heterocycles. The number of hydrogen-bond donors (Lipinski definition) is 1. The Balaban J connectivity index is 2.74. The van der Waals surface area contributed by atoms with E-state index in [-0.39, 0.29) is 0 Å². The first-order valence-electron chi connectivity index (χ1n) is 4.17. The highest BCUT2D eigenvalue weighted by atomic mass is 16.5. The monoisotopic (exact) mass is 176 g/mol. The van der Waals surface area contributed by atoms with Crippen LogP contribution in [0.4, 0.5) is 5.82 Å². The summed E-state index contributed by atoms with van der Waals surface area (Å²) in [4.78, 5) is 0. The molecule has 0 amide bonds. The maximum atomic E-state index is 9.32. The molecule has 0 bridgehead atoms. The fourth-order valence-electron chi connectivity index (χ4n) is 1.58. The van der Waals surface area contributed by atoms with Crippen LogP contribution in [0, 0.1) is 0 Å². The van der Waals surface area contributed by atoms with E-state index in [0.717, 1.165) is 21.8 Å². The van der Waals surface area contributed by atoms with Crippen LogP contribution in [-0.2, 0) is 7.05 Å². The molecule has 2 rings (SSSR count). The SMILES string of the molecule is CN(O)c1cc2ccccc2n1C. The van der Waals surface area contributed by atoms with Gasteiger partial charge in [-0.1, -0.05) is 18.2 Å². The molecule has 0 saturated heterocycles. The van der Waals surface area contributed by atoms with Crippen molar-refractivity contribution in [2.45, 2.75) is 0 Å². The van der Waals surface area contributed by atoms with Crippen molar-refractivity contribution >= 4 is 16.7 Å². The van der Waals surface area contributed by atoms with Crippen LogP contribution in [0.5, 0.6) is 0 Å². The van der Waals surface area contributed by atoms with Gasteiger partial charge in [0.15, 0.2) is 0 Å². The Hall–Kier alpha value is -1.48. The molecule has 0 aliphatic carbocycles. The van der Waals surface area contributed by atoms with Crippen molar-refractivity contribution in [3.63, 3.8) is 0 Å². The maximum absolute atomic E-state index is 9.32. The van der Waals surface area contributed by atoms with Crippen molar-refractivity contribution in [1.82, 2.24) is 4.57 Å². The number of rotatable bonds is 1. The summed E-state index contributed by atoms with van der Waals surface area (Å²) in [7, 11) is 3.55. The summed E-state index contributed by atoms with van der Waals surface area (Å²) < 4.78 is 1.95. The van der Waals surface area contributed by atoms with Gasteiger partial charge >= 0.3 is 0 Å². The van der Waals surface area contributed by atoms with Gasteiger partial charge in [-0.3, -0.25) is 5.21 Å². The number of aryl methyl sites for hydroxylation is 1. The number of para-hydroxylation sites is 1. The predicted molar refractivity (Wildman–Crippen MR) is 53.1 cm³/mol. The molecule has 0 unspecified atom stereocenters. The van der Waals surface area contributed by atoms with Gasteiger partial charge < -0.3 is 4.57 Å². The minimum atomic E-state index is 0.793. The summed E-state index contributed by atoms with van der Waals surface area (Å²) in [6.45, 7) is 0. The van der Waals surface area contributed by atoms with Crippen LogP contribution in [0.1, 0.15) is 0 Å². The third-order valence-corrected chi connectivity index (χ3v) is 2.26. The normalized spacial score (nSPS) is 10.7. The van der Waals surface area contributed by atoms with Crippen molar-refractivity contribution < 1.29 is 5.21 Å². The summed E-state index contributed by atoms with van der Waals surface area (Å²) >= 11 is 0. The second-order valence-electron chi connectivity index (χ2n) is 3.14. The Morgan fingerprint density at radius 2 is 2.00 bits per heavy atom. The van der Waals surface area contributed by atoms with E-state index >= 15 is 0 Å². The van der Waals surface area contributed by atoms with Gasteiger partial charge in [0.2, 0.25) is 0 Å². The first kappa shape index (κ1) is 8.13. The average Bonchev–Trinajstić information content (AvgIpc) is 2.45. The van der Waals surface area contributed by atoms with E-state index in [0.29, 0.717) is 0 Å². The average molecular weight is 176 g/mol. The molecule has 0 atom stereocenters. The van der Waals surface area contributed by atoms with Crippen LogP contribution in [0.2, 0.25) is 0 Å². The minimum absolute atomic E-state index is 0.793. The highest BCUT2D eigenvalue weighted by molar-refractivity contribution is 5.84. The van der Waals surface area contributed by atoms with Gasteiger partial charge in [0.1, 0.15) is 5.82 Å². The fraction of sp³-hybridized carbons (Fsp3) is 0.200. The van der Waals surface area contributed by atoms with Crippen molar-refractivity contribution in [1.29, 1.82) is 0 Å². The highest BCUT2D eigenvalue weighted by Crippen LogP contribution is 2.23. The lowest BCUT2D eigenvalue weighted by molar-refractivity contribution is 0.274. The van der Waals surface area contributed by atoms with Gasteiger partial charge in [0.25, 0.3) is 0 Å². The van der Waals surface area contributed by atoms with Crippen molar-refractivity contribution in [2.75, 3.05) is 12.1 Å². The second kappa shape index (κ2) is 2.78. The van der Waals surface area contributed by atoms with E-state index in [2.05, 4.69) is 0 Å². The first-order valence-corrected chi connectivity index (χ1v) is 4.17. The van der Waals surface area contributed by atoms with E-state index in [1.165, 1.54) is 0 Å². The van der Waals surface area contributed by atoms with Crippen LogP contribution in [0.25, 0.3) is 10.9 Å². The molecule has 0 radical (unpaired) electrons. The minimum Gasteiger partial charge on any atom is -0.329 e. The molecule has 1 N–H and O–H groups in total. The fourth-order valence-corrected chi connectivity index (χ4v) is 1.58. The zero-order valence-electron chi connectivity index (χ0n) is 7.73. The van der Waals surface area contributed by atoms with Crippen LogP contribution >= 0.6 is 0 Å². The van der Waals surface area contributed by atoms with Gasteiger partial charge in [0.05, 0.1) is 0 Å². The molecule has 3 heteroatoms. The molecular weight excluding hydrogens is 164 g/mol. The summed E-state index contributed by atoms with van der Waals surface area (Å²) in [5.74, 6) is 0.793. The molecule has 0 aliphatic rings. The van der Waals surface area contributed by atoms with Gasteiger partial charge in [0, 0.05) is 25.0 Å². The highest BCUT2D eigenvalue weighted by Gasteiger charge is 2.06. The molecule has 2 aromatic rings. The van der Waals surface area contributed by atoms with Crippen molar-refractivity contribution in [3.05, 3.63) is 30.3 Å². The molecule has 1 aromatic heterocycles. The molecule has 1 aromatic carbocycles. The number of fused-ring (bicyclic) bond motifs is 1. The van der Waals surface area contributed by atoms with E-state index in [1.807, 2.05) is 41.9 Å². The molecule has 1 heterocycles. The lowest BCUT2D eigenvalue weighted by Crippen LogP contribution is -2.13. The number of aromatic nitrogens is 1. The van der Waals surface area contributed by atoms with E-state index in [4.69, 9.17) is 0 Å². The Kier molecular flexibility index (Phi) is 1.74. The van der Waals surface area contributed by atoms with Crippen molar-refractivity contribution in [2.24, 2.45) is 7.05 Å². The Bertz CT molecular complexity index is 431. The van der Waals surface area contributed by atoms with E-state index in [9.17, 15) is 5.21 Å². The van der Waals surface area contributed by atoms with Gasteiger partial charge in [-0.15, -0.1) is 0 Å². The number of hydroxylamine groups is 1. The topological polar surface area (TPSA) is 28.4 Å². The second-order valence-corrected chi connectivity index (χ2v) is 3.14. The van der Waals surface area contributed by atoms with Crippen LogP contribution < -0.4 is 5.06 Å². The Morgan fingerprint density at radius 1 is 1.31 bits per heavy atom. The quantitative estimate of drug-likeness (QED) is 0.673. The summed E-state index contributed by atoms with van der Waals surface area (Å²) in [5, 5.41) is 11.6.